The summed E-state index contributed by atoms with van der Waals surface area (Å²) in [4.78, 5) is 2.59. The highest BCUT2D eigenvalue weighted by molar-refractivity contribution is 5.81. The van der Waals surface area contributed by atoms with Gasteiger partial charge in [-0.25, -0.2) is 0 Å². The molecule has 2 heterocycles. The number of nitrogens with zero attached hydrogens (tertiary/aromatic N) is 1. The molecule has 27 heavy (non-hydrogen) atoms. The second-order valence-electron chi connectivity index (χ2n) is 7.45. The van der Waals surface area contributed by atoms with Gasteiger partial charge in [0.2, 0.25) is 0 Å². The fourth-order valence-electron chi connectivity index (χ4n) is 4.32. The molecule has 0 aliphatic carbocycles. The molecule has 1 saturated heterocycles. The fraction of sp³-hybridized carbons (Fsp3) is 0.250. The van der Waals surface area contributed by atoms with E-state index < -0.39 is 0 Å². The first-order valence-electron chi connectivity index (χ1n) is 9.90. The number of benzene rings is 3. The molecule has 0 aromatic heterocycles. The van der Waals surface area contributed by atoms with Gasteiger partial charge in [-0.3, -0.25) is 0 Å². The van der Waals surface area contributed by atoms with Crippen molar-refractivity contribution < 1.29 is 0 Å². The number of fused-ring (bicyclic) bond motifs is 3. The van der Waals surface area contributed by atoms with E-state index in [2.05, 4.69) is 88.3 Å². The smallest absolute Gasteiger partial charge is 0.0611 e. The summed E-state index contributed by atoms with van der Waals surface area (Å²) in [5, 5.41) is 7.17. The van der Waals surface area contributed by atoms with Gasteiger partial charge in [-0.2, -0.15) is 0 Å². The van der Waals surface area contributed by atoms with Crippen LogP contribution in [0, 0.1) is 0 Å². The van der Waals surface area contributed by atoms with Crippen molar-refractivity contribution in [3.63, 3.8) is 0 Å². The van der Waals surface area contributed by atoms with Gasteiger partial charge in [0.05, 0.1) is 11.4 Å². The van der Waals surface area contributed by atoms with Crippen LogP contribution in [0.15, 0.2) is 72.8 Å². The molecule has 3 nitrogen and oxygen atoms in total. The summed E-state index contributed by atoms with van der Waals surface area (Å²) in [7, 11) is 0. The van der Waals surface area contributed by atoms with E-state index in [9.17, 15) is 0 Å². The van der Waals surface area contributed by atoms with Crippen molar-refractivity contribution in [1.82, 2.24) is 5.32 Å². The van der Waals surface area contributed by atoms with E-state index in [0.29, 0.717) is 6.04 Å². The predicted octanol–water partition coefficient (Wildman–Crippen LogP) is 4.61. The molecule has 0 amide bonds. The minimum atomic E-state index is 0.582. The van der Waals surface area contributed by atoms with Crippen molar-refractivity contribution >= 4 is 11.4 Å². The maximum absolute atomic E-state index is 3.63. The van der Waals surface area contributed by atoms with Crippen LogP contribution in [-0.2, 0) is 0 Å². The van der Waals surface area contributed by atoms with Crippen LogP contribution < -0.4 is 15.5 Å². The molecule has 3 aromatic rings. The summed E-state index contributed by atoms with van der Waals surface area (Å²) in [5.74, 6) is 0. The molecule has 2 aliphatic rings. The van der Waals surface area contributed by atoms with Gasteiger partial charge < -0.3 is 15.5 Å². The van der Waals surface area contributed by atoms with Crippen LogP contribution >= 0.6 is 0 Å². The first-order chi connectivity index (χ1) is 13.4. The van der Waals surface area contributed by atoms with E-state index in [-0.39, 0.29) is 0 Å². The largest absolute Gasteiger partial charge is 0.383 e. The van der Waals surface area contributed by atoms with Crippen molar-refractivity contribution in [1.29, 1.82) is 0 Å². The monoisotopic (exact) mass is 355 g/mol. The van der Waals surface area contributed by atoms with E-state index in [1.165, 1.54) is 40.0 Å². The third-order valence-electron chi connectivity index (χ3n) is 5.75. The van der Waals surface area contributed by atoms with Crippen LogP contribution in [-0.4, -0.2) is 32.2 Å². The predicted molar refractivity (Wildman–Crippen MR) is 114 cm³/mol. The van der Waals surface area contributed by atoms with Gasteiger partial charge in [-0.15, -0.1) is 0 Å². The van der Waals surface area contributed by atoms with Gasteiger partial charge in [0.25, 0.3) is 0 Å². The standard InChI is InChI=1S/C24H25N3/c1-2-5-18(6-3-1)19-7-4-8-20(15-19)21-9-10-23-24(16-21)27-14-13-25-17-22(27)11-12-26-23/h1-10,15-16,22,25-26H,11-14,17H2. The Morgan fingerprint density at radius 1 is 0.741 bits per heavy atom. The number of anilines is 2. The van der Waals surface area contributed by atoms with Crippen molar-refractivity contribution in [2.45, 2.75) is 12.5 Å². The summed E-state index contributed by atoms with van der Waals surface area (Å²) in [6.07, 6.45) is 1.18. The average molecular weight is 355 g/mol. The lowest BCUT2D eigenvalue weighted by atomic mass is 9.98. The third-order valence-corrected chi connectivity index (χ3v) is 5.75. The van der Waals surface area contributed by atoms with Gasteiger partial charge in [0.1, 0.15) is 0 Å². The number of hydrogen-bond acceptors (Lipinski definition) is 3. The van der Waals surface area contributed by atoms with Crippen molar-refractivity contribution in [2.75, 3.05) is 36.4 Å². The molecular formula is C24H25N3. The first-order valence-corrected chi connectivity index (χ1v) is 9.90. The zero-order chi connectivity index (χ0) is 18.1. The second kappa shape index (κ2) is 7.09. The van der Waals surface area contributed by atoms with E-state index in [1.54, 1.807) is 0 Å². The molecule has 0 radical (unpaired) electrons. The normalized spacial score (nSPS) is 18.8. The summed E-state index contributed by atoms with van der Waals surface area (Å²) < 4.78 is 0. The van der Waals surface area contributed by atoms with Crippen LogP contribution in [0.1, 0.15) is 6.42 Å². The van der Waals surface area contributed by atoms with Crippen LogP contribution in [0.3, 0.4) is 0 Å². The molecule has 2 N–H and O–H groups in total. The zero-order valence-corrected chi connectivity index (χ0v) is 15.5. The Balaban J connectivity index is 1.54. The lowest BCUT2D eigenvalue weighted by Gasteiger charge is -2.37. The van der Waals surface area contributed by atoms with Crippen LogP contribution in [0.25, 0.3) is 22.3 Å². The molecule has 1 fully saturated rings. The average Bonchev–Trinajstić information content (AvgIpc) is 2.93. The Morgan fingerprint density at radius 3 is 2.41 bits per heavy atom. The SMILES string of the molecule is c1ccc(-c2cccc(-c3ccc4c(c3)N3CCNCC3CCN4)c2)cc1. The molecule has 2 aliphatic heterocycles. The molecule has 0 saturated carbocycles. The number of piperazine rings is 1. The topological polar surface area (TPSA) is 27.3 Å². The molecule has 1 unspecified atom stereocenters. The third kappa shape index (κ3) is 3.19. The molecule has 136 valence electrons. The van der Waals surface area contributed by atoms with Crippen molar-refractivity contribution in [3.05, 3.63) is 72.8 Å². The van der Waals surface area contributed by atoms with Crippen molar-refractivity contribution in [3.8, 4) is 22.3 Å². The van der Waals surface area contributed by atoms with Crippen LogP contribution in [0.5, 0.6) is 0 Å². The fourth-order valence-corrected chi connectivity index (χ4v) is 4.32. The minimum Gasteiger partial charge on any atom is -0.383 e. The molecule has 5 rings (SSSR count). The molecule has 3 aromatic carbocycles. The van der Waals surface area contributed by atoms with Gasteiger partial charge in [0, 0.05) is 32.2 Å². The second-order valence-corrected chi connectivity index (χ2v) is 7.45. The maximum atomic E-state index is 3.63. The van der Waals surface area contributed by atoms with Gasteiger partial charge in [0.15, 0.2) is 0 Å². The van der Waals surface area contributed by atoms with E-state index in [1.807, 2.05) is 0 Å². The Bertz CT molecular complexity index is 935. The number of nitrogens with one attached hydrogen (secondary N) is 2. The highest BCUT2D eigenvalue weighted by atomic mass is 15.2. The van der Waals surface area contributed by atoms with Crippen LogP contribution in [0.4, 0.5) is 11.4 Å². The lowest BCUT2D eigenvalue weighted by Crippen LogP contribution is -2.51. The molecule has 3 heteroatoms. The summed E-state index contributed by atoms with van der Waals surface area (Å²) in [5.41, 5.74) is 7.70. The number of hydrogen-bond donors (Lipinski definition) is 2. The van der Waals surface area contributed by atoms with Gasteiger partial charge in [-0.1, -0.05) is 54.6 Å². The molecular weight excluding hydrogens is 330 g/mol. The Labute approximate surface area is 161 Å². The first kappa shape index (κ1) is 16.4. The van der Waals surface area contributed by atoms with E-state index >= 15 is 0 Å². The van der Waals surface area contributed by atoms with E-state index in [4.69, 9.17) is 0 Å². The summed E-state index contributed by atoms with van der Waals surface area (Å²) in [6, 6.07) is 26.9. The number of rotatable bonds is 2. The van der Waals surface area contributed by atoms with Crippen molar-refractivity contribution in [2.24, 2.45) is 0 Å². The highest BCUT2D eigenvalue weighted by Gasteiger charge is 2.26. The molecule has 1 atom stereocenters. The minimum absolute atomic E-state index is 0.582. The Hall–Kier alpha value is -2.78. The quantitative estimate of drug-likeness (QED) is 0.703. The van der Waals surface area contributed by atoms with Gasteiger partial charge >= 0.3 is 0 Å². The molecule has 0 spiro atoms. The Morgan fingerprint density at radius 2 is 1.52 bits per heavy atom. The molecule has 0 bridgehead atoms. The highest BCUT2D eigenvalue weighted by Crippen LogP contribution is 2.36. The van der Waals surface area contributed by atoms with Gasteiger partial charge in [-0.05, 0) is 46.9 Å². The maximum Gasteiger partial charge on any atom is 0.0611 e. The van der Waals surface area contributed by atoms with E-state index in [0.717, 1.165) is 26.2 Å². The summed E-state index contributed by atoms with van der Waals surface area (Å²) in [6.45, 7) is 4.25. The lowest BCUT2D eigenvalue weighted by molar-refractivity contribution is 0.466. The Kier molecular flexibility index (Phi) is 4.30. The summed E-state index contributed by atoms with van der Waals surface area (Å²) >= 11 is 0. The zero-order valence-electron chi connectivity index (χ0n) is 15.5. The van der Waals surface area contributed by atoms with Crippen LogP contribution in [0.2, 0.25) is 0 Å².